The van der Waals surface area contributed by atoms with E-state index in [1.807, 2.05) is 31.2 Å². The number of benzene rings is 1. The fraction of sp³-hybridized carbons (Fsp3) is 0.625. The molecule has 1 unspecified atom stereocenters. The lowest BCUT2D eigenvalue weighted by atomic mass is 10.1. The van der Waals surface area contributed by atoms with E-state index in [1.165, 1.54) is 0 Å². The molecule has 0 spiro atoms. The average molecular weight is 278 g/mol. The molecule has 4 nitrogen and oxygen atoms in total. The van der Waals surface area contributed by atoms with Gasteiger partial charge in [-0.2, -0.15) is 0 Å². The summed E-state index contributed by atoms with van der Waals surface area (Å²) in [5.41, 5.74) is 7.01. The Morgan fingerprint density at radius 3 is 2.80 bits per heavy atom. The summed E-state index contributed by atoms with van der Waals surface area (Å²) in [4.78, 5) is 2.43. The van der Waals surface area contributed by atoms with Crippen molar-refractivity contribution in [2.75, 3.05) is 26.3 Å². The molecule has 1 heterocycles. The first-order chi connectivity index (χ1) is 9.58. The quantitative estimate of drug-likeness (QED) is 0.897. The lowest BCUT2D eigenvalue weighted by Crippen LogP contribution is -2.47. The van der Waals surface area contributed by atoms with Gasteiger partial charge in [-0.05, 0) is 26.8 Å². The van der Waals surface area contributed by atoms with E-state index in [0.29, 0.717) is 12.6 Å². The molecular weight excluding hydrogens is 252 g/mol. The van der Waals surface area contributed by atoms with Crippen molar-refractivity contribution in [3.05, 3.63) is 29.8 Å². The second-order valence-electron chi connectivity index (χ2n) is 5.72. The Bertz CT molecular complexity index is 421. The van der Waals surface area contributed by atoms with Crippen LogP contribution in [-0.2, 0) is 4.74 Å². The smallest absolute Gasteiger partial charge is 0.124 e. The van der Waals surface area contributed by atoms with Crippen LogP contribution in [-0.4, -0.2) is 43.3 Å². The van der Waals surface area contributed by atoms with E-state index < -0.39 is 0 Å². The van der Waals surface area contributed by atoms with E-state index in [0.717, 1.165) is 31.0 Å². The Hall–Kier alpha value is -1.10. The zero-order valence-corrected chi connectivity index (χ0v) is 12.7. The molecular formula is C16H26N2O2. The van der Waals surface area contributed by atoms with Gasteiger partial charge in [-0.25, -0.2) is 0 Å². The Balaban J connectivity index is 1.92. The van der Waals surface area contributed by atoms with Crippen LogP contribution in [0.1, 0.15) is 32.4 Å². The van der Waals surface area contributed by atoms with Crippen molar-refractivity contribution in [3.8, 4) is 5.75 Å². The zero-order valence-electron chi connectivity index (χ0n) is 12.7. The first-order valence-electron chi connectivity index (χ1n) is 7.41. The van der Waals surface area contributed by atoms with E-state index in [4.69, 9.17) is 15.2 Å². The fourth-order valence-corrected chi connectivity index (χ4v) is 2.48. The molecule has 1 aromatic carbocycles. The van der Waals surface area contributed by atoms with Crippen molar-refractivity contribution in [1.29, 1.82) is 0 Å². The molecule has 1 aliphatic rings. The molecule has 20 heavy (non-hydrogen) atoms. The third-order valence-corrected chi connectivity index (χ3v) is 3.73. The Morgan fingerprint density at radius 2 is 2.10 bits per heavy atom. The molecule has 2 atom stereocenters. The van der Waals surface area contributed by atoms with Gasteiger partial charge < -0.3 is 15.2 Å². The second-order valence-corrected chi connectivity index (χ2v) is 5.72. The highest BCUT2D eigenvalue weighted by Crippen LogP contribution is 2.23. The summed E-state index contributed by atoms with van der Waals surface area (Å²) in [7, 11) is 0. The van der Waals surface area contributed by atoms with Gasteiger partial charge in [-0.15, -0.1) is 0 Å². The van der Waals surface area contributed by atoms with Crippen LogP contribution >= 0.6 is 0 Å². The number of hydrogen-bond donors (Lipinski definition) is 1. The van der Waals surface area contributed by atoms with Crippen molar-refractivity contribution in [3.63, 3.8) is 0 Å². The first-order valence-corrected chi connectivity index (χ1v) is 7.41. The number of para-hydroxylation sites is 1. The van der Waals surface area contributed by atoms with Crippen LogP contribution in [0.5, 0.6) is 5.75 Å². The minimum absolute atomic E-state index is 0.0226. The molecule has 2 rings (SSSR count). The summed E-state index contributed by atoms with van der Waals surface area (Å²) in [6, 6.07) is 8.49. The Kier molecular flexibility index (Phi) is 5.40. The maximum absolute atomic E-state index is 5.97. The predicted octanol–water partition coefficient (Wildman–Crippen LogP) is 2.19. The number of morpholine rings is 1. The standard InChI is InChI=1S/C16H26N2O2/c1-12(2)18-8-9-19-14(10-18)11-20-16-7-5-4-6-15(16)13(3)17/h4-7,12-14H,8-11,17H2,1-3H3/t13-,14?/m1/s1. The van der Waals surface area contributed by atoms with Crippen molar-refractivity contribution in [1.82, 2.24) is 4.90 Å². The van der Waals surface area contributed by atoms with Crippen molar-refractivity contribution >= 4 is 0 Å². The molecule has 4 heteroatoms. The van der Waals surface area contributed by atoms with Gasteiger partial charge in [0, 0.05) is 30.7 Å². The fourth-order valence-electron chi connectivity index (χ4n) is 2.48. The molecule has 1 aromatic rings. The number of rotatable bonds is 5. The topological polar surface area (TPSA) is 47.7 Å². The van der Waals surface area contributed by atoms with Gasteiger partial charge in [0.05, 0.1) is 6.61 Å². The van der Waals surface area contributed by atoms with E-state index in [2.05, 4.69) is 18.7 Å². The van der Waals surface area contributed by atoms with Gasteiger partial charge in [-0.1, -0.05) is 18.2 Å². The predicted molar refractivity (Wildman–Crippen MR) is 81.0 cm³/mol. The molecule has 112 valence electrons. The molecule has 0 aromatic heterocycles. The lowest BCUT2D eigenvalue weighted by Gasteiger charge is -2.35. The minimum Gasteiger partial charge on any atom is -0.490 e. The van der Waals surface area contributed by atoms with Gasteiger partial charge in [0.2, 0.25) is 0 Å². The lowest BCUT2D eigenvalue weighted by molar-refractivity contribution is -0.0565. The second kappa shape index (κ2) is 7.07. The highest BCUT2D eigenvalue weighted by Gasteiger charge is 2.23. The summed E-state index contributed by atoms with van der Waals surface area (Å²) >= 11 is 0. The largest absolute Gasteiger partial charge is 0.490 e. The highest BCUT2D eigenvalue weighted by molar-refractivity contribution is 5.35. The van der Waals surface area contributed by atoms with Crippen LogP contribution in [0.4, 0.5) is 0 Å². The third-order valence-electron chi connectivity index (χ3n) is 3.73. The van der Waals surface area contributed by atoms with E-state index in [1.54, 1.807) is 0 Å². The van der Waals surface area contributed by atoms with Crippen LogP contribution in [0.25, 0.3) is 0 Å². The summed E-state index contributed by atoms with van der Waals surface area (Å²) in [6.07, 6.45) is 0.132. The maximum Gasteiger partial charge on any atom is 0.124 e. The number of hydrogen-bond acceptors (Lipinski definition) is 4. The average Bonchev–Trinajstić information content (AvgIpc) is 2.45. The van der Waals surface area contributed by atoms with Crippen LogP contribution in [0, 0.1) is 0 Å². The van der Waals surface area contributed by atoms with Crippen LogP contribution < -0.4 is 10.5 Å². The van der Waals surface area contributed by atoms with Gasteiger partial charge in [0.25, 0.3) is 0 Å². The highest BCUT2D eigenvalue weighted by atomic mass is 16.5. The normalized spacial score (nSPS) is 21.9. The summed E-state index contributed by atoms with van der Waals surface area (Å²) in [5, 5.41) is 0. The van der Waals surface area contributed by atoms with E-state index in [9.17, 15) is 0 Å². The summed E-state index contributed by atoms with van der Waals surface area (Å²) in [6.45, 7) is 9.69. The first kappa shape index (κ1) is 15.3. The SMILES string of the molecule is CC(C)N1CCOC(COc2ccccc2[C@@H](C)N)C1. The molecule has 1 aliphatic heterocycles. The van der Waals surface area contributed by atoms with Crippen LogP contribution in [0.15, 0.2) is 24.3 Å². The molecule has 0 radical (unpaired) electrons. The van der Waals surface area contributed by atoms with Gasteiger partial charge in [0.1, 0.15) is 18.5 Å². The van der Waals surface area contributed by atoms with E-state index >= 15 is 0 Å². The van der Waals surface area contributed by atoms with Gasteiger partial charge >= 0.3 is 0 Å². The van der Waals surface area contributed by atoms with Crippen LogP contribution in [0.2, 0.25) is 0 Å². The third kappa shape index (κ3) is 3.95. The Morgan fingerprint density at radius 1 is 1.35 bits per heavy atom. The number of nitrogens with zero attached hydrogens (tertiary/aromatic N) is 1. The molecule has 1 saturated heterocycles. The summed E-state index contributed by atoms with van der Waals surface area (Å²) in [5.74, 6) is 0.868. The molecule has 0 bridgehead atoms. The molecule has 0 amide bonds. The van der Waals surface area contributed by atoms with Crippen LogP contribution in [0.3, 0.4) is 0 Å². The Labute approximate surface area is 121 Å². The zero-order chi connectivity index (χ0) is 14.5. The number of ether oxygens (including phenoxy) is 2. The summed E-state index contributed by atoms with van der Waals surface area (Å²) < 4.78 is 11.7. The van der Waals surface area contributed by atoms with Gasteiger partial charge in [0.15, 0.2) is 0 Å². The van der Waals surface area contributed by atoms with Crippen molar-refractivity contribution in [2.45, 2.75) is 39.0 Å². The minimum atomic E-state index is -0.0226. The molecule has 1 fully saturated rings. The van der Waals surface area contributed by atoms with Gasteiger partial charge in [-0.3, -0.25) is 4.90 Å². The molecule has 2 N–H and O–H groups in total. The van der Waals surface area contributed by atoms with E-state index in [-0.39, 0.29) is 12.1 Å². The maximum atomic E-state index is 5.97. The molecule has 0 saturated carbocycles. The monoisotopic (exact) mass is 278 g/mol. The number of nitrogens with two attached hydrogens (primary N) is 1. The molecule has 0 aliphatic carbocycles. The van der Waals surface area contributed by atoms with Crippen molar-refractivity contribution in [2.24, 2.45) is 5.73 Å². The van der Waals surface area contributed by atoms with Crippen molar-refractivity contribution < 1.29 is 9.47 Å².